The van der Waals surface area contributed by atoms with E-state index in [0.29, 0.717) is 19.0 Å². The molecule has 5 nitrogen and oxygen atoms in total. The highest BCUT2D eigenvalue weighted by atomic mass is 16.5. The first-order chi connectivity index (χ1) is 10.4. The van der Waals surface area contributed by atoms with E-state index in [4.69, 9.17) is 4.74 Å². The Morgan fingerprint density at radius 1 is 1.32 bits per heavy atom. The lowest BCUT2D eigenvalue weighted by molar-refractivity contribution is -0.133. The lowest BCUT2D eigenvalue weighted by atomic mass is 9.98. The van der Waals surface area contributed by atoms with Gasteiger partial charge in [0.1, 0.15) is 0 Å². The minimum atomic E-state index is 0.0246. The highest BCUT2D eigenvalue weighted by Crippen LogP contribution is 2.17. The van der Waals surface area contributed by atoms with Gasteiger partial charge in [-0.1, -0.05) is 19.9 Å². The molecule has 0 bridgehead atoms. The number of allylic oxidation sites excluding steroid dienone is 1. The van der Waals surface area contributed by atoms with Crippen molar-refractivity contribution in [3.8, 4) is 0 Å². The van der Waals surface area contributed by atoms with Crippen LogP contribution < -0.4 is 0 Å². The van der Waals surface area contributed by atoms with Crippen molar-refractivity contribution in [1.29, 1.82) is 0 Å². The fraction of sp³-hybridized carbons (Fsp3) is 0.765. The number of likely N-dealkylation sites (tertiary alicyclic amines) is 1. The maximum Gasteiger partial charge on any atom is 0.236 e. The molecule has 1 rings (SSSR count). The molecule has 1 saturated heterocycles. The maximum absolute atomic E-state index is 12.2. The molecule has 0 aliphatic carbocycles. The molecule has 0 aromatic heterocycles. The fourth-order valence-corrected chi connectivity index (χ4v) is 2.52. The summed E-state index contributed by atoms with van der Waals surface area (Å²) in [5.74, 6) is 0.898. The summed E-state index contributed by atoms with van der Waals surface area (Å²) in [5, 5.41) is 0. The summed E-state index contributed by atoms with van der Waals surface area (Å²) >= 11 is 0. The average molecular weight is 310 g/mol. The van der Waals surface area contributed by atoms with E-state index in [9.17, 15) is 9.59 Å². The van der Waals surface area contributed by atoms with Gasteiger partial charge in [-0.2, -0.15) is 0 Å². The molecule has 1 aliphatic heterocycles. The molecule has 1 amide bonds. The number of ether oxygens (including phenoxy) is 1. The topological polar surface area (TPSA) is 49.9 Å². The highest BCUT2D eigenvalue weighted by molar-refractivity contribution is 5.91. The summed E-state index contributed by atoms with van der Waals surface area (Å²) in [4.78, 5) is 27.6. The molecule has 5 heteroatoms. The van der Waals surface area contributed by atoms with Crippen molar-refractivity contribution in [2.24, 2.45) is 11.8 Å². The van der Waals surface area contributed by atoms with Crippen molar-refractivity contribution in [1.82, 2.24) is 9.80 Å². The van der Waals surface area contributed by atoms with E-state index in [1.165, 1.54) is 0 Å². The van der Waals surface area contributed by atoms with E-state index in [0.717, 1.165) is 32.5 Å². The van der Waals surface area contributed by atoms with Gasteiger partial charge in [-0.3, -0.25) is 14.5 Å². The number of amides is 1. The van der Waals surface area contributed by atoms with Gasteiger partial charge in [0, 0.05) is 39.3 Å². The van der Waals surface area contributed by atoms with E-state index in [-0.39, 0.29) is 17.6 Å². The highest BCUT2D eigenvalue weighted by Gasteiger charge is 2.23. The molecular weight excluding hydrogens is 280 g/mol. The zero-order valence-corrected chi connectivity index (χ0v) is 14.4. The monoisotopic (exact) mass is 310 g/mol. The van der Waals surface area contributed by atoms with Gasteiger partial charge in [-0.15, -0.1) is 0 Å². The van der Waals surface area contributed by atoms with E-state index < -0.39 is 0 Å². The predicted molar refractivity (Wildman–Crippen MR) is 87.7 cm³/mol. The molecule has 0 radical (unpaired) electrons. The molecule has 1 aliphatic rings. The summed E-state index contributed by atoms with van der Waals surface area (Å²) in [6.07, 6.45) is 5.49. The third-order valence-corrected chi connectivity index (χ3v) is 4.04. The molecule has 0 N–H and O–H groups in total. The Hall–Kier alpha value is -1.20. The van der Waals surface area contributed by atoms with Gasteiger partial charge in [0.25, 0.3) is 0 Å². The number of ketones is 1. The van der Waals surface area contributed by atoms with Crippen LogP contribution in [-0.2, 0) is 14.3 Å². The van der Waals surface area contributed by atoms with Crippen LogP contribution in [0.2, 0.25) is 0 Å². The second-order valence-corrected chi connectivity index (χ2v) is 6.44. The third-order valence-electron chi connectivity index (χ3n) is 4.04. The van der Waals surface area contributed by atoms with Gasteiger partial charge in [0.15, 0.2) is 5.78 Å². The number of rotatable bonds is 8. The zero-order chi connectivity index (χ0) is 16.5. The summed E-state index contributed by atoms with van der Waals surface area (Å²) in [5.41, 5.74) is 0. The maximum atomic E-state index is 12.2. The molecule has 0 unspecified atom stereocenters. The van der Waals surface area contributed by atoms with Crippen molar-refractivity contribution in [3.63, 3.8) is 0 Å². The normalized spacial score (nSPS) is 16.9. The van der Waals surface area contributed by atoms with Gasteiger partial charge in [0.05, 0.1) is 6.54 Å². The predicted octanol–water partition coefficient (Wildman–Crippen LogP) is 1.58. The quantitative estimate of drug-likeness (QED) is 0.639. The van der Waals surface area contributed by atoms with Crippen molar-refractivity contribution in [2.75, 3.05) is 46.9 Å². The van der Waals surface area contributed by atoms with E-state index in [1.807, 2.05) is 36.8 Å². The van der Waals surface area contributed by atoms with Crippen molar-refractivity contribution < 1.29 is 14.3 Å². The molecule has 0 aromatic carbocycles. The Labute approximate surface area is 134 Å². The second kappa shape index (κ2) is 9.74. The molecule has 1 fully saturated rings. The number of carbonyl (C=O) groups is 2. The van der Waals surface area contributed by atoms with E-state index in [1.54, 1.807) is 13.2 Å². The summed E-state index contributed by atoms with van der Waals surface area (Å²) in [6.45, 7) is 7.21. The van der Waals surface area contributed by atoms with Crippen molar-refractivity contribution in [2.45, 2.75) is 26.7 Å². The minimum absolute atomic E-state index is 0.0246. The summed E-state index contributed by atoms with van der Waals surface area (Å²) in [6, 6.07) is 0. The van der Waals surface area contributed by atoms with Crippen LogP contribution in [0.15, 0.2) is 12.2 Å². The van der Waals surface area contributed by atoms with Crippen LogP contribution in [-0.4, -0.2) is 68.4 Å². The molecule has 126 valence electrons. The lowest BCUT2D eigenvalue weighted by Crippen LogP contribution is -2.43. The molecule has 0 aromatic rings. The first-order valence-electron chi connectivity index (χ1n) is 8.09. The van der Waals surface area contributed by atoms with Gasteiger partial charge >= 0.3 is 0 Å². The number of likely N-dealkylation sites (N-methyl/N-ethyl adjacent to an activating group) is 1. The average Bonchev–Trinajstić information content (AvgIpc) is 2.48. The zero-order valence-electron chi connectivity index (χ0n) is 14.4. The van der Waals surface area contributed by atoms with E-state index in [2.05, 4.69) is 0 Å². The Kier molecular flexibility index (Phi) is 8.35. The number of nitrogens with zero attached hydrogens (tertiary/aromatic N) is 2. The largest absolute Gasteiger partial charge is 0.384 e. The van der Waals surface area contributed by atoms with Crippen molar-refractivity contribution in [3.05, 3.63) is 12.2 Å². The molecule has 22 heavy (non-hydrogen) atoms. The van der Waals surface area contributed by atoms with Gasteiger partial charge < -0.3 is 9.64 Å². The summed E-state index contributed by atoms with van der Waals surface area (Å²) < 4.78 is 5.18. The number of methoxy groups -OCH3 is 1. The number of piperidine rings is 1. The Bertz CT molecular complexity index is 385. The van der Waals surface area contributed by atoms with Crippen LogP contribution >= 0.6 is 0 Å². The van der Waals surface area contributed by atoms with E-state index >= 15 is 0 Å². The van der Waals surface area contributed by atoms with Crippen LogP contribution in [0.1, 0.15) is 26.7 Å². The van der Waals surface area contributed by atoms with Gasteiger partial charge in [-0.05, 0) is 31.9 Å². The van der Waals surface area contributed by atoms with Crippen LogP contribution in [0.5, 0.6) is 0 Å². The molecule has 0 atom stereocenters. The smallest absolute Gasteiger partial charge is 0.236 e. The number of hydrogen-bond donors (Lipinski definition) is 0. The minimum Gasteiger partial charge on any atom is -0.384 e. The second-order valence-electron chi connectivity index (χ2n) is 6.44. The molecular formula is C17H30N2O3. The number of hydrogen-bond acceptors (Lipinski definition) is 4. The lowest BCUT2D eigenvalue weighted by Gasteiger charge is -2.32. The van der Waals surface area contributed by atoms with Crippen LogP contribution in [0, 0.1) is 11.8 Å². The van der Waals surface area contributed by atoms with Crippen LogP contribution in [0.3, 0.4) is 0 Å². The Balaban J connectivity index is 2.28. The summed E-state index contributed by atoms with van der Waals surface area (Å²) in [7, 11) is 3.63. The van der Waals surface area contributed by atoms with Crippen LogP contribution in [0.25, 0.3) is 0 Å². The standard InChI is InChI=1S/C17H30N2O3/c1-14(2)16(20)6-5-9-18(3)12-17(21)19-10-7-15(8-11-19)13-22-4/h5-6,14-15H,7-13H2,1-4H3/b6-5+. The van der Waals surface area contributed by atoms with Gasteiger partial charge in [-0.25, -0.2) is 0 Å². The molecule has 0 spiro atoms. The first kappa shape index (κ1) is 18.8. The number of carbonyl (C=O) groups excluding carboxylic acids is 2. The Morgan fingerprint density at radius 2 is 1.95 bits per heavy atom. The third kappa shape index (κ3) is 6.71. The van der Waals surface area contributed by atoms with Crippen LogP contribution in [0.4, 0.5) is 0 Å². The van der Waals surface area contributed by atoms with Gasteiger partial charge in [0.2, 0.25) is 5.91 Å². The fourth-order valence-electron chi connectivity index (χ4n) is 2.52. The first-order valence-corrected chi connectivity index (χ1v) is 8.09. The van der Waals surface area contributed by atoms with Crippen molar-refractivity contribution >= 4 is 11.7 Å². The molecule has 1 heterocycles. The Morgan fingerprint density at radius 3 is 2.50 bits per heavy atom. The molecule has 0 saturated carbocycles. The SMILES string of the molecule is COCC1CCN(C(=O)CN(C)C/C=C/C(=O)C(C)C)CC1.